The van der Waals surface area contributed by atoms with Gasteiger partial charge in [0, 0.05) is 42.6 Å². The number of methoxy groups -OCH3 is 1. The van der Waals surface area contributed by atoms with Crippen LogP contribution in [0, 0.1) is 6.92 Å². The molecule has 0 unspecified atom stereocenters. The van der Waals surface area contributed by atoms with Gasteiger partial charge in [0.2, 0.25) is 10.0 Å². The average molecular weight is 332 g/mol. The molecule has 1 saturated carbocycles. The molecule has 0 saturated heterocycles. The lowest BCUT2D eigenvalue weighted by Crippen LogP contribution is -2.25. The van der Waals surface area contributed by atoms with E-state index < -0.39 is 10.0 Å². The van der Waals surface area contributed by atoms with Crippen molar-refractivity contribution in [2.24, 2.45) is 0 Å². The Bertz CT molecular complexity index is 551. The lowest BCUT2D eigenvalue weighted by atomic mass is 10.3. The second-order valence-electron chi connectivity index (χ2n) is 5.39. The minimum absolute atomic E-state index is 0.423. The van der Waals surface area contributed by atoms with Crippen molar-refractivity contribution in [3.63, 3.8) is 0 Å². The van der Waals surface area contributed by atoms with Gasteiger partial charge in [-0.15, -0.1) is 11.3 Å². The molecule has 2 rings (SSSR count). The molecule has 7 heteroatoms. The first kappa shape index (κ1) is 16.9. The van der Waals surface area contributed by atoms with Crippen LogP contribution < -0.4 is 10.0 Å². The van der Waals surface area contributed by atoms with E-state index >= 15 is 0 Å². The van der Waals surface area contributed by atoms with E-state index in [9.17, 15) is 8.42 Å². The summed E-state index contributed by atoms with van der Waals surface area (Å²) in [5, 5.41) is 3.41. The van der Waals surface area contributed by atoms with Crippen molar-refractivity contribution in [2.75, 3.05) is 20.3 Å². The van der Waals surface area contributed by atoms with Crippen molar-refractivity contribution in [1.82, 2.24) is 10.0 Å². The van der Waals surface area contributed by atoms with Gasteiger partial charge < -0.3 is 10.1 Å². The van der Waals surface area contributed by atoms with Gasteiger partial charge in [0.15, 0.2) is 0 Å². The third kappa shape index (κ3) is 5.34. The molecule has 21 heavy (non-hydrogen) atoms. The average Bonchev–Trinajstić information content (AvgIpc) is 3.18. The van der Waals surface area contributed by atoms with Crippen molar-refractivity contribution >= 4 is 21.4 Å². The van der Waals surface area contributed by atoms with Crippen LogP contribution >= 0.6 is 11.3 Å². The van der Waals surface area contributed by atoms with Crippen LogP contribution in [0.25, 0.3) is 0 Å². The standard InChI is InChI=1S/C14H24N2O3S2/c1-11-14(9-13(20-11)10-15-12-5-6-12)21(17,18)16-7-3-4-8-19-2/h9,12,15-16H,3-8,10H2,1-2H3. The van der Waals surface area contributed by atoms with Crippen molar-refractivity contribution < 1.29 is 13.2 Å². The van der Waals surface area contributed by atoms with Gasteiger partial charge in [-0.3, -0.25) is 0 Å². The number of rotatable bonds is 10. The van der Waals surface area contributed by atoms with Crippen LogP contribution in [0.3, 0.4) is 0 Å². The first-order valence-electron chi connectivity index (χ1n) is 7.34. The lowest BCUT2D eigenvalue weighted by molar-refractivity contribution is 0.193. The van der Waals surface area contributed by atoms with Crippen molar-refractivity contribution in [3.8, 4) is 0 Å². The van der Waals surface area contributed by atoms with Gasteiger partial charge in [-0.05, 0) is 38.7 Å². The fraction of sp³-hybridized carbons (Fsp3) is 0.714. The Labute approximate surface area is 131 Å². The summed E-state index contributed by atoms with van der Waals surface area (Å²) in [6.45, 7) is 3.75. The van der Waals surface area contributed by atoms with Gasteiger partial charge in [-0.2, -0.15) is 0 Å². The number of hydrogen-bond acceptors (Lipinski definition) is 5. The summed E-state index contributed by atoms with van der Waals surface area (Å²) < 4.78 is 32.2. The highest BCUT2D eigenvalue weighted by Gasteiger charge is 2.22. The number of thiophene rings is 1. The zero-order valence-electron chi connectivity index (χ0n) is 12.6. The predicted molar refractivity (Wildman–Crippen MR) is 85.2 cm³/mol. The molecule has 0 amide bonds. The summed E-state index contributed by atoms with van der Waals surface area (Å²) in [4.78, 5) is 2.36. The maximum Gasteiger partial charge on any atom is 0.241 e. The molecule has 0 atom stereocenters. The van der Waals surface area contributed by atoms with E-state index in [2.05, 4.69) is 10.0 Å². The molecule has 5 nitrogen and oxygen atoms in total. The summed E-state index contributed by atoms with van der Waals surface area (Å²) >= 11 is 1.56. The molecule has 0 aromatic carbocycles. The Morgan fingerprint density at radius 1 is 1.38 bits per heavy atom. The summed E-state index contributed by atoms with van der Waals surface area (Å²) in [5.41, 5.74) is 0. The zero-order chi connectivity index (χ0) is 15.3. The SMILES string of the molecule is COCCCCNS(=O)(=O)c1cc(CNC2CC2)sc1C. The minimum Gasteiger partial charge on any atom is -0.385 e. The maximum atomic E-state index is 12.3. The van der Waals surface area contributed by atoms with Crippen LogP contribution in [-0.2, 0) is 21.3 Å². The van der Waals surface area contributed by atoms with Gasteiger partial charge in [-0.25, -0.2) is 13.1 Å². The van der Waals surface area contributed by atoms with Crippen LogP contribution in [0.1, 0.15) is 35.4 Å². The van der Waals surface area contributed by atoms with Crippen molar-refractivity contribution in [1.29, 1.82) is 0 Å². The fourth-order valence-electron chi connectivity index (χ4n) is 2.07. The molecule has 120 valence electrons. The molecule has 1 aliphatic rings. The van der Waals surface area contributed by atoms with E-state index in [0.29, 0.717) is 24.1 Å². The molecule has 1 aromatic rings. The monoisotopic (exact) mass is 332 g/mol. The van der Waals surface area contributed by atoms with E-state index in [1.807, 2.05) is 6.92 Å². The van der Waals surface area contributed by atoms with Gasteiger partial charge in [0.25, 0.3) is 0 Å². The highest BCUT2D eigenvalue weighted by Crippen LogP contribution is 2.27. The van der Waals surface area contributed by atoms with Crippen LogP contribution in [0.2, 0.25) is 0 Å². The Morgan fingerprint density at radius 3 is 2.81 bits per heavy atom. The van der Waals surface area contributed by atoms with Crippen molar-refractivity contribution in [2.45, 2.75) is 50.1 Å². The summed E-state index contributed by atoms with van der Waals surface area (Å²) in [7, 11) is -1.74. The highest BCUT2D eigenvalue weighted by molar-refractivity contribution is 7.89. The van der Waals surface area contributed by atoms with E-state index in [0.717, 1.165) is 29.1 Å². The van der Waals surface area contributed by atoms with Crippen LogP contribution in [-0.4, -0.2) is 34.7 Å². The molecule has 0 radical (unpaired) electrons. The zero-order valence-corrected chi connectivity index (χ0v) is 14.3. The second kappa shape index (κ2) is 7.69. The Balaban J connectivity index is 1.88. The highest BCUT2D eigenvalue weighted by atomic mass is 32.2. The van der Waals surface area contributed by atoms with Gasteiger partial charge in [0.1, 0.15) is 0 Å². The molecule has 2 N–H and O–H groups in total. The van der Waals surface area contributed by atoms with E-state index in [4.69, 9.17) is 4.74 Å². The lowest BCUT2D eigenvalue weighted by Gasteiger charge is -2.05. The fourth-order valence-corrected chi connectivity index (χ4v) is 4.72. The quantitative estimate of drug-likeness (QED) is 0.643. The molecule has 1 aromatic heterocycles. The third-order valence-corrected chi connectivity index (χ3v) is 6.19. The van der Waals surface area contributed by atoms with E-state index in [1.165, 1.54) is 12.8 Å². The van der Waals surface area contributed by atoms with Gasteiger partial charge >= 0.3 is 0 Å². The largest absolute Gasteiger partial charge is 0.385 e. The van der Waals surface area contributed by atoms with Gasteiger partial charge in [0.05, 0.1) is 4.90 Å². The molecular formula is C14H24N2O3S2. The minimum atomic E-state index is -3.39. The van der Waals surface area contributed by atoms with E-state index in [-0.39, 0.29) is 0 Å². The molecule has 1 fully saturated rings. The molecule has 1 aliphatic carbocycles. The number of ether oxygens (including phenoxy) is 1. The number of aryl methyl sites for hydroxylation is 1. The third-order valence-electron chi connectivity index (χ3n) is 3.42. The van der Waals surface area contributed by atoms with Crippen LogP contribution in [0.15, 0.2) is 11.0 Å². The molecule has 0 bridgehead atoms. The number of hydrogen-bond donors (Lipinski definition) is 2. The predicted octanol–water partition coefficient (Wildman–Crippen LogP) is 2.01. The van der Waals surface area contributed by atoms with Crippen LogP contribution in [0.4, 0.5) is 0 Å². The van der Waals surface area contributed by atoms with E-state index in [1.54, 1.807) is 24.5 Å². The normalized spacial score (nSPS) is 15.5. The summed E-state index contributed by atoms with van der Waals surface area (Å²) in [6.07, 6.45) is 4.11. The smallest absolute Gasteiger partial charge is 0.241 e. The molecule has 0 aliphatic heterocycles. The van der Waals surface area contributed by atoms with Crippen molar-refractivity contribution in [3.05, 3.63) is 15.8 Å². The Morgan fingerprint density at radius 2 is 2.14 bits per heavy atom. The van der Waals surface area contributed by atoms with Crippen LogP contribution in [0.5, 0.6) is 0 Å². The van der Waals surface area contributed by atoms with Gasteiger partial charge in [-0.1, -0.05) is 0 Å². The molecule has 1 heterocycles. The first-order chi connectivity index (χ1) is 10.0. The summed E-state index contributed by atoms with van der Waals surface area (Å²) in [5.74, 6) is 0. The Kier molecular flexibility index (Phi) is 6.19. The topological polar surface area (TPSA) is 67.4 Å². The first-order valence-corrected chi connectivity index (χ1v) is 9.64. The molecular weight excluding hydrogens is 308 g/mol. The summed E-state index contributed by atoms with van der Waals surface area (Å²) in [6, 6.07) is 2.43. The Hall–Kier alpha value is -0.470. The maximum absolute atomic E-state index is 12.3. The number of sulfonamides is 1. The number of unbranched alkanes of at least 4 members (excludes halogenated alkanes) is 1. The second-order valence-corrected chi connectivity index (χ2v) is 8.46. The number of nitrogens with one attached hydrogen (secondary N) is 2. The molecule has 0 spiro atoms.